The molecule has 0 heterocycles. The van der Waals surface area contributed by atoms with Crippen LogP contribution in [0.15, 0.2) is 18.2 Å². The predicted octanol–water partition coefficient (Wildman–Crippen LogP) is 1.04. The highest BCUT2D eigenvalue weighted by Gasteiger charge is 1.96. The summed E-state index contributed by atoms with van der Waals surface area (Å²) in [5.41, 5.74) is 14.2. The Kier molecular flexibility index (Phi) is 1.92. The van der Waals surface area contributed by atoms with E-state index in [2.05, 4.69) is 0 Å². The van der Waals surface area contributed by atoms with Crippen molar-refractivity contribution in [1.29, 1.82) is 0 Å². The third-order valence-electron chi connectivity index (χ3n) is 1.71. The molecule has 2 heteroatoms. The van der Waals surface area contributed by atoms with Crippen LogP contribution in [0.2, 0.25) is 0 Å². The number of nitrogen functional groups attached to an aromatic ring is 1. The third-order valence-corrected chi connectivity index (χ3v) is 1.71. The van der Waals surface area contributed by atoms with Gasteiger partial charge in [0.2, 0.25) is 0 Å². The van der Waals surface area contributed by atoms with Gasteiger partial charge < -0.3 is 11.5 Å². The first kappa shape index (κ1) is 7.09. The first-order valence-corrected chi connectivity index (χ1v) is 3.29. The Morgan fingerprint density at radius 3 is 2.60 bits per heavy atom. The first-order valence-electron chi connectivity index (χ1n) is 3.29. The fourth-order valence-electron chi connectivity index (χ4n) is 0.924. The normalized spacial score (nSPS) is 9.80. The molecule has 0 fully saturated rings. The second-order valence-corrected chi connectivity index (χ2v) is 2.34. The number of hydrogen-bond donors (Lipinski definition) is 2. The van der Waals surface area contributed by atoms with Gasteiger partial charge in [0.15, 0.2) is 0 Å². The van der Waals surface area contributed by atoms with Crippen LogP contribution in [-0.4, -0.2) is 0 Å². The van der Waals surface area contributed by atoms with Gasteiger partial charge in [0.1, 0.15) is 0 Å². The minimum atomic E-state index is 0.566. The number of hydrogen-bond acceptors (Lipinski definition) is 2. The topological polar surface area (TPSA) is 52.0 Å². The van der Waals surface area contributed by atoms with Crippen LogP contribution in [0.4, 0.5) is 5.69 Å². The molecule has 10 heavy (non-hydrogen) atoms. The molecule has 0 unspecified atom stereocenters. The Morgan fingerprint density at radius 1 is 1.40 bits per heavy atom. The molecule has 4 N–H and O–H groups in total. The Balaban J connectivity index is 3.14. The molecular weight excluding hydrogens is 124 g/mol. The zero-order valence-corrected chi connectivity index (χ0v) is 6.09. The minimum Gasteiger partial charge on any atom is -0.399 e. The van der Waals surface area contributed by atoms with Crippen LogP contribution < -0.4 is 11.5 Å². The van der Waals surface area contributed by atoms with E-state index in [4.69, 9.17) is 11.5 Å². The van der Waals surface area contributed by atoms with Crippen LogP contribution in [0.5, 0.6) is 0 Å². The van der Waals surface area contributed by atoms with Gasteiger partial charge in [0.05, 0.1) is 0 Å². The van der Waals surface area contributed by atoms with Crippen molar-refractivity contribution in [2.75, 3.05) is 5.73 Å². The molecule has 1 rings (SSSR count). The van der Waals surface area contributed by atoms with Crippen molar-refractivity contribution in [2.45, 2.75) is 13.5 Å². The van der Waals surface area contributed by atoms with Gasteiger partial charge in [-0.05, 0) is 24.1 Å². The average Bonchev–Trinajstić information content (AvgIpc) is 1.95. The molecule has 0 saturated heterocycles. The van der Waals surface area contributed by atoms with E-state index in [0.717, 1.165) is 16.8 Å². The highest BCUT2D eigenvalue weighted by Crippen LogP contribution is 2.13. The molecule has 2 nitrogen and oxygen atoms in total. The number of nitrogens with two attached hydrogens (primary N) is 2. The van der Waals surface area contributed by atoms with E-state index in [-0.39, 0.29) is 0 Å². The summed E-state index contributed by atoms with van der Waals surface area (Å²) in [6, 6.07) is 5.80. The van der Waals surface area contributed by atoms with E-state index in [1.165, 1.54) is 0 Å². The SMILES string of the molecule is Cc1c(N)cccc1CN. The van der Waals surface area contributed by atoms with Crippen LogP contribution in [0.1, 0.15) is 11.1 Å². The first-order chi connectivity index (χ1) is 4.75. The van der Waals surface area contributed by atoms with Gasteiger partial charge >= 0.3 is 0 Å². The molecule has 0 atom stereocenters. The lowest BCUT2D eigenvalue weighted by atomic mass is 10.1. The van der Waals surface area contributed by atoms with Crippen LogP contribution in [0.3, 0.4) is 0 Å². The summed E-state index contributed by atoms with van der Waals surface area (Å²) in [5.74, 6) is 0. The molecular formula is C8H12N2. The van der Waals surface area contributed by atoms with Crippen molar-refractivity contribution in [1.82, 2.24) is 0 Å². The minimum absolute atomic E-state index is 0.566. The van der Waals surface area contributed by atoms with Crippen molar-refractivity contribution in [2.24, 2.45) is 5.73 Å². The maximum Gasteiger partial charge on any atom is 0.0346 e. The van der Waals surface area contributed by atoms with E-state index in [9.17, 15) is 0 Å². The summed E-state index contributed by atoms with van der Waals surface area (Å²) in [6.45, 7) is 2.55. The van der Waals surface area contributed by atoms with Crippen molar-refractivity contribution in [3.63, 3.8) is 0 Å². The summed E-state index contributed by atoms with van der Waals surface area (Å²) in [7, 11) is 0. The highest BCUT2D eigenvalue weighted by atomic mass is 14.6. The highest BCUT2D eigenvalue weighted by molar-refractivity contribution is 5.49. The van der Waals surface area contributed by atoms with Crippen LogP contribution in [0, 0.1) is 6.92 Å². The van der Waals surface area contributed by atoms with Gasteiger partial charge in [-0.3, -0.25) is 0 Å². The molecule has 0 aliphatic heterocycles. The van der Waals surface area contributed by atoms with Crippen molar-refractivity contribution in [3.8, 4) is 0 Å². The maximum absolute atomic E-state index is 5.64. The standard InChI is InChI=1S/C8H12N2/c1-6-7(5-9)3-2-4-8(6)10/h2-4H,5,9-10H2,1H3. The van der Waals surface area contributed by atoms with Crippen molar-refractivity contribution < 1.29 is 0 Å². The van der Waals surface area contributed by atoms with E-state index in [1.807, 2.05) is 25.1 Å². The quantitative estimate of drug-likeness (QED) is 0.567. The van der Waals surface area contributed by atoms with E-state index < -0.39 is 0 Å². The Labute approximate surface area is 60.8 Å². The summed E-state index contributed by atoms with van der Waals surface area (Å²) >= 11 is 0. The van der Waals surface area contributed by atoms with Crippen LogP contribution in [-0.2, 0) is 6.54 Å². The van der Waals surface area contributed by atoms with Gasteiger partial charge in [-0.15, -0.1) is 0 Å². The number of benzene rings is 1. The Morgan fingerprint density at radius 2 is 2.10 bits per heavy atom. The number of anilines is 1. The van der Waals surface area contributed by atoms with E-state index in [1.54, 1.807) is 0 Å². The molecule has 1 aromatic rings. The molecule has 54 valence electrons. The van der Waals surface area contributed by atoms with Crippen LogP contribution in [0.25, 0.3) is 0 Å². The molecule has 0 aromatic heterocycles. The number of rotatable bonds is 1. The largest absolute Gasteiger partial charge is 0.399 e. The Bertz CT molecular complexity index is 231. The summed E-state index contributed by atoms with van der Waals surface area (Å²) in [4.78, 5) is 0. The molecule has 0 bridgehead atoms. The van der Waals surface area contributed by atoms with Crippen LogP contribution >= 0.6 is 0 Å². The smallest absolute Gasteiger partial charge is 0.0346 e. The molecule has 0 spiro atoms. The Hall–Kier alpha value is -1.02. The second kappa shape index (κ2) is 2.71. The fourth-order valence-corrected chi connectivity index (χ4v) is 0.924. The third kappa shape index (κ3) is 1.11. The van der Waals surface area contributed by atoms with Gasteiger partial charge in [0, 0.05) is 12.2 Å². The predicted molar refractivity (Wildman–Crippen MR) is 43.5 cm³/mol. The summed E-state index contributed by atoms with van der Waals surface area (Å²) in [6.07, 6.45) is 0. The van der Waals surface area contributed by atoms with E-state index in [0.29, 0.717) is 6.54 Å². The second-order valence-electron chi connectivity index (χ2n) is 2.34. The van der Waals surface area contributed by atoms with Gasteiger partial charge in [-0.1, -0.05) is 12.1 Å². The zero-order valence-electron chi connectivity index (χ0n) is 6.09. The fraction of sp³-hybridized carbons (Fsp3) is 0.250. The lowest BCUT2D eigenvalue weighted by Crippen LogP contribution is -2.01. The molecule has 0 aliphatic rings. The van der Waals surface area contributed by atoms with Crippen molar-refractivity contribution in [3.05, 3.63) is 29.3 Å². The average molecular weight is 136 g/mol. The molecule has 0 aliphatic carbocycles. The zero-order chi connectivity index (χ0) is 7.56. The summed E-state index contributed by atoms with van der Waals surface area (Å²) in [5, 5.41) is 0. The monoisotopic (exact) mass is 136 g/mol. The van der Waals surface area contributed by atoms with Gasteiger partial charge in [-0.25, -0.2) is 0 Å². The molecule has 0 radical (unpaired) electrons. The van der Waals surface area contributed by atoms with Gasteiger partial charge in [0.25, 0.3) is 0 Å². The lowest BCUT2D eigenvalue weighted by molar-refractivity contribution is 1.05. The molecule has 1 aromatic carbocycles. The molecule has 0 amide bonds. The van der Waals surface area contributed by atoms with Crippen molar-refractivity contribution >= 4 is 5.69 Å². The lowest BCUT2D eigenvalue weighted by Gasteiger charge is -2.04. The van der Waals surface area contributed by atoms with Gasteiger partial charge in [-0.2, -0.15) is 0 Å². The summed E-state index contributed by atoms with van der Waals surface area (Å²) < 4.78 is 0. The maximum atomic E-state index is 5.64. The molecule has 0 saturated carbocycles. The van der Waals surface area contributed by atoms with E-state index >= 15 is 0 Å².